The second kappa shape index (κ2) is 2.93. The van der Waals surface area contributed by atoms with Crippen molar-refractivity contribution < 1.29 is 0 Å². The average Bonchev–Trinajstić information content (AvgIpc) is 1.98. The Morgan fingerprint density at radius 2 is 2.36 bits per heavy atom. The molecule has 1 aliphatic carbocycles. The topological polar surface area (TPSA) is 0 Å². The number of hydrogen-bond donors (Lipinski definition) is 0. The highest BCUT2D eigenvalue weighted by Gasteiger charge is 2.30. The molecule has 2 heteroatoms. The number of rotatable bonds is 0. The van der Waals surface area contributed by atoms with Gasteiger partial charge in [0.1, 0.15) is 4.87 Å². The van der Waals surface area contributed by atoms with Gasteiger partial charge in [-0.05, 0) is 19.1 Å². The van der Waals surface area contributed by atoms with E-state index in [0.717, 1.165) is 0 Å². The fraction of sp³-hybridized carbons (Fsp3) is 0.222. The first-order chi connectivity index (χ1) is 5.08. The molecular formula is C9H7Cl2. The van der Waals surface area contributed by atoms with Crippen LogP contribution in [0.4, 0.5) is 0 Å². The zero-order valence-electron chi connectivity index (χ0n) is 5.85. The molecule has 0 bridgehead atoms. The molecule has 0 aromatic carbocycles. The van der Waals surface area contributed by atoms with Crippen molar-refractivity contribution in [3.05, 3.63) is 30.2 Å². The summed E-state index contributed by atoms with van der Waals surface area (Å²) in [5.74, 6) is 2.34. The lowest BCUT2D eigenvalue weighted by atomic mass is 9.90. The van der Waals surface area contributed by atoms with Crippen LogP contribution in [0, 0.1) is 25.2 Å². The SMILES string of the molecule is C#CC1(Cl)C=C(Cl)C=CC1[CH2]. The maximum absolute atomic E-state index is 5.99. The van der Waals surface area contributed by atoms with Gasteiger partial charge in [0.2, 0.25) is 0 Å². The van der Waals surface area contributed by atoms with Crippen molar-refractivity contribution in [1.82, 2.24) is 0 Å². The van der Waals surface area contributed by atoms with Crippen LogP contribution in [0.15, 0.2) is 23.3 Å². The fourth-order valence-corrected chi connectivity index (χ4v) is 1.34. The van der Waals surface area contributed by atoms with Crippen molar-refractivity contribution in [3.8, 4) is 12.3 Å². The molecule has 0 amide bonds. The second-order valence-corrected chi connectivity index (χ2v) is 3.47. The van der Waals surface area contributed by atoms with E-state index < -0.39 is 4.87 Å². The molecule has 11 heavy (non-hydrogen) atoms. The van der Waals surface area contributed by atoms with Crippen LogP contribution in [-0.4, -0.2) is 4.87 Å². The van der Waals surface area contributed by atoms with Gasteiger partial charge in [0, 0.05) is 11.0 Å². The molecule has 0 saturated heterocycles. The molecule has 2 unspecified atom stereocenters. The van der Waals surface area contributed by atoms with E-state index in [2.05, 4.69) is 12.8 Å². The number of alkyl halides is 1. The normalized spacial score (nSPS) is 36.2. The maximum Gasteiger partial charge on any atom is 0.130 e. The molecule has 57 valence electrons. The Morgan fingerprint density at radius 3 is 2.82 bits per heavy atom. The smallest absolute Gasteiger partial charge is 0.118 e. The summed E-state index contributed by atoms with van der Waals surface area (Å²) in [6, 6.07) is 0. The van der Waals surface area contributed by atoms with E-state index in [4.69, 9.17) is 29.6 Å². The van der Waals surface area contributed by atoms with Gasteiger partial charge in [-0.3, -0.25) is 0 Å². The molecule has 0 nitrogen and oxygen atoms in total. The van der Waals surface area contributed by atoms with Crippen molar-refractivity contribution in [2.24, 2.45) is 5.92 Å². The molecule has 0 spiro atoms. The highest BCUT2D eigenvalue weighted by molar-refractivity contribution is 6.34. The van der Waals surface area contributed by atoms with Gasteiger partial charge in [-0.25, -0.2) is 0 Å². The van der Waals surface area contributed by atoms with Gasteiger partial charge in [0.15, 0.2) is 0 Å². The number of halogens is 2. The van der Waals surface area contributed by atoms with E-state index in [-0.39, 0.29) is 5.92 Å². The summed E-state index contributed by atoms with van der Waals surface area (Å²) in [6.07, 6.45) is 10.4. The van der Waals surface area contributed by atoms with E-state index >= 15 is 0 Å². The zero-order valence-corrected chi connectivity index (χ0v) is 7.36. The van der Waals surface area contributed by atoms with Gasteiger partial charge in [-0.15, -0.1) is 6.42 Å². The van der Waals surface area contributed by atoms with Gasteiger partial charge in [-0.1, -0.05) is 35.2 Å². The third kappa shape index (κ3) is 1.61. The lowest BCUT2D eigenvalue weighted by molar-refractivity contribution is 0.721. The summed E-state index contributed by atoms with van der Waals surface area (Å²) < 4.78 is 0. The molecule has 0 heterocycles. The van der Waals surface area contributed by atoms with Crippen LogP contribution in [0.1, 0.15) is 0 Å². The van der Waals surface area contributed by atoms with Crippen LogP contribution in [-0.2, 0) is 0 Å². The molecule has 1 radical (unpaired) electrons. The minimum Gasteiger partial charge on any atom is -0.118 e. The number of terminal acetylenes is 1. The Bertz CT molecular complexity index is 257. The first-order valence-electron chi connectivity index (χ1n) is 3.15. The summed E-state index contributed by atoms with van der Waals surface area (Å²) >= 11 is 11.7. The first-order valence-corrected chi connectivity index (χ1v) is 3.90. The molecule has 0 N–H and O–H groups in total. The van der Waals surface area contributed by atoms with Gasteiger partial charge in [-0.2, -0.15) is 0 Å². The predicted molar refractivity (Wildman–Crippen MR) is 49.3 cm³/mol. The van der Waals surface area contributed by atoms with E-state index in [1.807, 2.05) is 0 Å². The van der Waals surface area contributed by atoms with Crippen LogP contribution in [0.5, 0.6) is 0 Å². The van der Waals surface area contributed by atoms with Crippen molar-refractivity contribution in [2.75, 3.05) is 0 Å². The highest BCUT2D eigenvalue weighted by Crippen LogP contribution is 2.33. The monoisotopic (exact) mass is 185 g/mol. The summed E-state index contributed by atoms with van der Waals surface area (Å²) in [5, 5.41) is 0.567. The Balaban J connectivity index is 3.01. The summed E-state index contributed by atoms with van der Waals surface area (Å²) in [7, 11) is 0. The average molecular weight is 186 g/mol. The van der Waals surface area contributed by atoms with Crippen molar-refractivity contribution in [3.63, 3.8) is 0 Å². The third-order valence-electron chi connectivity index (χ3n) is 1.60. The van der Waals surface area contributed by atoms with Gasteiger partial charge in [0.05, 0.1) is 0 Å². The van der Waals surface area contributed by atoms with E-state index in [0.29, 0.717) is 5.03 Å². The van der Waals surface area contributed by atoms with E-state index in [1.54, 1.807) is 18.2 Å². The lowest BCUT2D eigenvalue weighted by Crippen LogP contribution is -2.26. The molecule has 0 aromatic rings. The Hall–Kier alpha value is -0.380. The molecule has 0 aromatic heterocycles. The molecule has 0 saturated carbocycles. The van der Waals surface area contributed by atoms with Gasteiger partial charge < -0.3 is 0 Å². The van der Waals surface area contributed by atoms with Crippen molar-refractivity contribution in [1.29, 1.82) is 0 Å². The minimum atomic E-state index is -0.841. The molecule has 1 rings (SSSR count). The van der Waals surface area contributed by atoms with Crippen LogP contribution >= 0.6 is 23.2 Å². The second-order valence-electron chi connectivity index (χ2n) is 2.41. The molecule has 0 fully saturated rings. The molecular weight excluding hydrogens is 179 g/mol. The number of hydrogen-bond acceptors (Lipinski definition) is 0. The van der Waals surface area contributed by atoms with Crippen LogP contribution in [0.3, 0.4) is 0 Å². The largest absolute Gasteiger partial charge is 0.130 e. The lowest BCUT2D eigenvalue weighted by Gasteiger charge is -2.25. The number of allylic oxidation sites excluding steroid dienone is 4. The molecule has 2 atom stereocenters. The summed E-state index contributed by atoms with van der Waals surface area (Å²) in [4.78, 5) is -0.841. The molecule has 1 aliphatic rings. The summed E-state index contributed by atoms with van der Waals surface area (Å²) in [5.41, 5.74) is 0. The third-order valence-corrected chi connectivity index (χ3v) is 2.33. The Kier molecular flexibility index (Phi) is 2.32. The van der Waals surface area contributed by atoms with Gasteiger partial charge in [0.25, 0.3) is 0 Å². The summed E-state index contributed by atoms with van der Waals surface area (Å²) in [6.45, 7) is 3.79. The van der Waals surface area contributed by atoms with Crippen LogP contribution in [0.2, 0.25) is 0 Å². The standard InChI is InChI=1S/C9H7Cl2/c1-3-9(11)6-8(10)5-4-7(9)2/h1,4-7H,2H2. The Morgan fingerprint density at radius 1 is 1.73 bits per heavy atom. The zero-order chi connectivity index (χ0) is 8.48. The van der Waals surface area contributed by atoms with Crippen molar-refractivity contribution >= 4 is 23.2 Å². The van der Waals surface area contributed by atoms with Crippen LogP contribution in [0.25, 0.3) is 0 Å². The maximum atomic E-state index is 5.99. The Labute approximate surface area is 76.9 Å². The quantitative estimate of drug-likeness (QED) is 0.403. The van der Waals surface area contributed by atoms with Gasteiger partial charge >= 0.3 is 0 Å². The van der Waals surface area contributed by atoms with Crippen LogP contribution < -0.4 is 0 Å². The minimum absolute atomic E-state index is 0.114. The molecule has 0 aliphatic heterocycles. The predicted octanol–water partition coefficient (Wildman–Crippen LogP) is 2.74. The first kappa shape index (κ1) is 8.71. The fourth-order valence-electron chi connectivity index (χ4n) is 0.853. The van der Waals surface area contributed by atoms with E-state index in [9.17, 15) is 0 Å². The van der Waals surface area contributed by atoms with Crippen molar-refractivity contribution in [2.45, 2.75) is 4.87 Å². The highest BCUT2D eigenvalue weighted by atomic mass is 35.5. The van der Waals surface area contributed by atoms with E-state index in [1.165, 1.54) is 0 Å².